The summed E-state index contributed by atoms with van der Waals surface area (Å²) in [5, 5.41) is 23.4. The molecule has 17 heteroatoms. The number of aryl methyl sites for hydroxylation is 1. The minimum Gasteiger partial charge on any atom is -0.458 e. The Morgan fingerprint density at radius 3 is 2.48 bits per heavy atom. The summed E-state index contributed by atoms with van der Waals surface area (Å²) in [7, 11) is 0. The molecule has 3 aromatic rings. The van der Waals surface area contributed by atoms with Crippen molar-refractivity contribution in [1.29, 1.82) is 0 Å². The molecule has 2 aromatic heterocycles. The van der Waals surface area contributed by atoms with Crippen LogP contribution in [0.15, 0.2) is 16.9 Å². The van der Waals surface area contributed by atoms with Crippen molar-refractivity contribution in [1.82, 2.24) is 30.8 Å². The Labute approximate surface area is 366 Å². The molecule has 0 bridgehead atoms. The predicted molar refractivity (Wildman–Crippen MR) is 233 cm³/mol. The summed E-state index contributed by atoms with van der Waals surface area (Å²) in [4.78, 5) is 85.5. The summed E-state index contributed by atoms with van der Waals surface area (Å²) in [6.45, 7) is 13.0. The van der Waals surface area contributed by atoms with E-state index in [9.17, 15) is 33.9 Å². The molecule has 4 heterocycles. The van der Waals surface area contributed by atoms with E-state index in [1.54, 1.807) is 33.8 Å². The van der Waals surface area contributed by atoms with E-state index in [4.69, 9.17) is 20.2 Å². The van der Waals surface area contributed by atoms with Gasteiger partial charge in [0.15, 0.2) is 5.60 Å². The Bertz CT molecular complexity index is 2350. The van der Waals surface area contributed by atoms with Gasteiger partial charge in [0.2, 0.25) is 23.6 Å². The highest BCUT2D eigenvalue weighted by molar-refractivity contribution is 5.95. The van der Waals surface area contributed by atoms with Gasteiger partial charge in [-0.05, 0) is 99.9 Å². The molecule has 0 spiro atoms. The van der Waals surface area contributed by atoms with Crippen molar-refractivity contribution in [2.24, 2.45) is 17.6 Å². The summed E-state index contributed by atoms with van der Waals surface area (Å²) >= 11 is 0. The number of carbonyl (C=O) groups is 5. The number of hydrogen-bond acceptors (Lipinski definition) is 11. The molecule has 16 nitrogen and oxygen atoms in total. The number of unbranched alkanes of at least 4 members (excludes halogenated alkanes) is 1. The first-order valence-electron chi connectivity index (χ1n) is 22.2. The van der Waals surface area contributed by atoms with E-state index in [0.717, 1.165) is 12.0 Å². The molecule has 4 amide bonds. The van der Waals surface area contributed by atoms with Crippen molar-refractivity contribution in [3.63, 3.8) is 0 Å². The van der Waals surface area contributed by atoms with E-state index >= 15 is 4.39 Å². The first-order valence-corrected chi connectivity index (χ1v) is 22.2. The van der Waals surface area contributed by atoms with Gasteiger partial charge in [-0.3, -0.25) is 24.0 Å². The number of aromatic nitrogens is 2. The summed E-state index contributed by atoms with van der Waals surface area (Å²) < 4.78 is 27.9. The zero-order valence-electron chi connectivity index (χ0n) is 37.4. The number of aliphatic hydroxyl groups is 1. The van der Waals surface area contributed by atoms with E-state index in [2.05, 4.69) is 35.1 Å². The van der Waals surface area contributed by atoms with Crippen LogP contribution >= 0.6 is 0 Å². The van der Waals surface area contributed by atoms with Gasteiger partial charge in [0.05, 0.1) is 54.3 Å². The molecule has 0 radical (unpaired) electrons. The second-order valence-electron chi connectivity index (χ2n) is 17.9. The average Bonchev–Trinajstić information content (AvgIpc) is 3.60. The van der Waals surface area contributed by atoms with E-state index in [-0.39, 0.29) is 68.1 Å². The molecule has 5 atom stereocenters. The van der Waals surface area contributed by atoms with Gasteiger partial charge in [-0.2, -0.15) is 0 Å². The number of benzene rings is 1. The Hall–Kier alpha value is -5.26. The van der Waals surface area contributed by atoms with Crippen LogP contribution in [0.25, 0.3) is 22.3 Å². The Kier molecular flexibility index (Phi) is 14.7. The van der Waals surface area contributed by atoms with Gasteiger partial charge < -0.3 is 46.1 Å². The van der Waals surface area contributed by atoms with Gasteiger partial charge in [-0.25, -0.2) is 14.2 Å². The fraction of sp³-hybridized carbons (Fsp3) is 0.587. The summed E-state index contributed by atoms with van der Waals surface area (Å²) in [5.74, 6) is -3.14. The Balaban J connectivity index is 1.19. The molecule has 1 aliphatic carbocycles. The highest BCUT2D eigenvalue weighted by Crippen LogP contribution is 2.46. The number of cyclic esters (lactones) is 1. The third kappa shape index (κ3) is 9.80. The van der Waals surface area contributed by atoms with Crippen molar-refractivity contribution in [3.8, 4) is 11.4 Å². The molecule has 0 fully saturated rings. The van der Waals surface area contributed by atoms with Crippen LogP contribution in [0.1, 0.15) is 126 Å². The normalized spacial score (nSPS) is 18.9. The largest absolute Gasteiger partial charge is 0.458 e. The van der Waals surface area contributed by atoms with Gasteiger partial charge in [0.1, 0.15) is 24.5 Å². The van der Waals surface area contributed by atoms with Gasteiger partial charge in [0.25, 0.3) is 5.56 Å². The zero-order valence-corrected chi connectivity index (χ0v) is 37.4. The number of hydrogen-bond donors (Lipinski definition) is 6. The molecular weight excluding hydrogens is 814 g/mol. The number of carbonyl (C=O) groups excluding carboxylic acids is 5. The molecule has 1 unspecified atom stereocenters. The number of pyridine rings is 2. The van der Waals surface area contributed by atoms with Crippen LogP contribution in [0.2, 0.25) is 0 Å². The third-order valence-corrected chi connectivity index (χ3v) is 12.5. The minimum atomic E-state index is -2.03. The Morgan fingerprint density at radius 1 is 1.05 bits per heavy atom. The quantitative estimate of drug-likeness (QED) is 0.0591. The zero-order chi connectivity index (χ0) is 45.9. The second-order valence-corrected chi connectivity index (χ2v) is 17.9. The lowest BCUT2D eigenvalue weighted by molar-refractivity contribution is -0.172. The Morgan fingerprint density at radius 2 is 1.79 bits per heavy atom. The first kappa shape index (κ1) is 47.2. The van der Waals surface area contributed by atoms with Crippen LogP contribution in [0, 0.1) is 24.6 Å². The highest BCUT2D eigenvalue weighted by Gasteiger charge is 2.46. The lowest BCUT2D eigenvalue weighted by Gasteiger charge is -2.31. The van der Waals surface area contributed by atoms with Crippen molar-refractivity contribution in [3.05, 3.63) is 61.7 Å². The average molecular weight is 876 g/mol. The van der Waals surface area contributed by atoms with Crippen LogP contribution in [0.4, 0.5) is 4.39 Å². The first-order chi connectivity index (χ1) is 29.9. The van der Waals surface area contributed by atoms with Crippen molar-refractivity contribution in [2.75, 3.05) is 19.7 Å². The highest BCUT2D eigenvalue weighted by atomic mass is 19.1. The monoisotopic (exact) mass is 875 g/mol. The molecule has 6 rings (SSSR count). The maximum absolute atomic E-state index is 15.4. The SMILES string of the molecule is CC[C@@]1(O)C(=O)OCc2c1cc1n(c2=O)Cc2c-1nc1cc(F)c(C)c3c1c2[C@@H](NC(=O)CNC(=O)[C@H](CCCCN)NC(=O)[C@@H](NC(=O)CCOC(C)CC(C)C)C(C)C)CC3. The number of halogens is 1. The molecule has 7 N–H and O–H groups in total. The summed E-state index contributed by atoms with van der Waals surface area (Å²) in [6, 6.07) is 0.346. The van der Waals surface area contributed by atoms with Gasteiger partial charge in [-0.15, -0.1) is 0 Å². The number of rotatable bonds is 19. The van der Waals surface area contributed by atoms with Crippen LogP contribution in [0.3, 0.4) is 0 Å². The van der Waals surface area contributed by atoms with Crippen LogP contribution in [0.5, 0.6) is 0 Å². The van der Waals surface area contributed by atoms with E-state index in [0.29, 0.717) is 77.1 Å². The van der Waals surface area contributed by atoms with Crippen LogP contribution in [-0.4, -0.2) is 82.1 Å². The van der Waals surface area contributed by atoms with Crippen LogP contribution < -0.4 is 32.6 Å². The number of nitrogens with two attached hydrogens (primary N) is 1. The molecule has 0 saturated heterocycles. The molecule has 342 valence electrons. The van der Waals surface area contributed by atoms with Gasteiger partial charge >= 0.3 is 5.97 Å². The summed E-state index contributed by atoms with van der Waals surface area (Å²) in [6.07, 6.45) is 3.04. The lowest BCUT2D eigenvalue weighted by atomic mass is 9.81. The van der Waals surface area contributed by atoms with Crippen LogP contribution in [-0.2, 0) is 58.6 Å². The van der Waals surface area contributed by atoms with Gasteiger partial charge in [-0.1, -0.05) is 34.6 Å². The second kappa shape index (κ2) is 19.6. The molecular formula is C46H62FN7O9. The fourth-order valence-corrected chi connectivity index (χ4v) is 9.12. The number of esters is 1. The van der Waals surface area contributed by atoms with Crippen molar-refractivity contribution < 1.29 is 42.9 Å². The topological polar surface area (TPSA) is 233 Å². The molecule has 63 heavy (non-hydrogen) atoms. The third-order valence-electron chi connectivity index (χ3n) is 12.5. The standard InChI is InChI=1S/C46H62FN7O9/c1-8-46(61)30-18-35-41-28(21-54(35)44(59)29(30)22-63-45(46)60)39-32(13-12-27-26(7)31(47)19-34(51-41)38(27)39)50-37(56)20-49-42(57)33(11-9-10-15-48)52-43(58)40(24(4)5)53-36(55)14-16-62-25(6)17-23(2)3/h18-19,23-25,32-33,40,61H,8-17,20-22,48H2,1-7H3,(H,49,57)(H,50,56)(H,52,58)(H,53,55)/t25?,32-,33-,40-,46-/m0/s1. The number of nitrogens with zero attached hydrogens (tertiary/aromatic N) is 2. The maximum atomic E-state index is 15.4. The van der Waals surface area contributed by atoms with E-state index in [1.165, 1.54) is 10.6 Å². The molecule has 3 aliphatic rings. The molecule has 1 aromatic carbocycles. The number of nitrogens with one attached hydrogen (secondary N) is 4. The lowest BCUT2D eigenvalue weighted by Crippen LogP contribution is -2.56. The summed E-state index contributed by atoms with van der Waals surface area (Å²) in [5.41, 5.74) is 7.10. The smallest absolute Gasteiger partial charge is 0.343 e. The molecule has 0 saturated carbocycles. The van der Waals surface area contributed by atoms with Crippen molar-refractivity contribution >= 4 is 40.5 Å². The number of ether oxygens (including phenoxy) is 2. The van der Waals surface area contributed by atoms with Gasteiger partial charge in [0, 0.05) is 29.0 Å². The maximum Gasteiger partial charge on any atom is 0.343 e. The van der Waals surface area contributed by atoms with E-state index in [1.807, 2.05) is 6.92 Å². The fourth-order valence-electron chi connectivity index (χ4n) is 9.12. The minimum absolute atomic E-state index is 0.00872. The predicted octanol–water partition coefficient (Wildman–Crippen LogP) is 3.34. The number of amides is 4. The van der Waals surface area contributed by atoms with Crippen molar-refractivity contribution in [2.45, 2.75) is 143 Å². The van der Waals surface area contributed by atoms with E-state index < -0.39 is 65.3 Å². The molecule has 2 aliphatic heterocycles. The number of fused-ring (bicyclic) bond motifs is 5.